The molecule has 0 fully saturated rings. The molecule has 0 amide bonds. The highest BCUT2D eigenvalue weighted by molar-refractivity contribution is 5.95. The van der Waals surface area contributed by atoms with Crippen molar-refractivity contribution in [1.29, 1.82) is 0 Å². The highest BCUT2D eigenvalue weighted by Gasteiger charge is 2.15. The minimum absolute atomic E-state index is 0.257. The number of rotatable bonds is 4. The van der Waals surface area contributed by atoms with Crippen LogP contribution >= 0.6 is 0 Å². The number of fused-ring (bicyclic) bond motifs is 2. The second-order valence-corrected chi connectivity index (χ2v) is 6.20. The fourth-order valence-electron chi connectivity index (χ4n) is 3.28. The maximum Gasteiger partial charge on any atom is 0.231 e. The third-order valence-electron chi connectivity index (χ3n) is 4.58. The summed E-state index contributed by atoms with van der Waals surface area (Å²) in [6, 6.07) is 17.7. The van der Waals surface area contributed by atoms with Crippen LogP contribution in [0.2, 0.25) is 0 Å². The molecule has 5 rings (SSSR count). The Morgan fingerprint density at radius 2 is 1.93 bits per heavy atom. The van der Waals surface area contributed by atoms with Gasteiger partial charge < -0.3 is 24.5 Å². The van der Waals surface area contributed by atoms with E-state index in [1.807, 2.05) is 48.5 Å². The summed E-state index contributed by atoms with van der Waals surface area (Å²) in [5, 5.41) is 4.37. The number of H-pyrrole nitrogens is 1. The van der Waals surface area contributed by atoms with Crippen molar-refractivity contribution in [3.05, 3.63) is 60.8 Å². The van der Waals surface area contributed by atoms with Crippen LogP contribution in [-0.4, -0.2) is 23.9 Å². The van der Waals surface area contributed by atoms with Gasteiger partial charge in [0.25, 0.3) is 0 Å². The first-order chi connectivity index (χ1) is 13.3. The van der Waals surface area contributed by atoms with Gasteiger partial charge in [-0.05, 0) is 36.4 Å². The van der Waals surface area contributed by atoms with E-state index in [0.717, 1.165) is 50.9 Å². The van der Waals surface area contributed by atoms with E-state index in [1.165, 1.54) is 0 Å². The number of hydrogen-bond donors (Lipinski definition) is 2. The standard InChI is InChI=1S/C21H17N3O3/c1-25-18-5-3-2-4-14(18)17-11-15-16(24-17)8-9-22-21(15)23-13-6-7-19-20(10-13)27-12-26-19/h2-11,24H,12H2,1H3,(H,22,23). The van der Waals surface area contributed by atoms with E-state index in [0.29, 0.717) is 0 Å². The van der Waals surface area contributed by atoms with Crippen molar-refractivity contribution in [2.24, 2.45) is 0 Å². The number of aromatic amines is 1. The summed E-state index contributed by atoms with van der Waals surface area (Å²) < 4.78 is 16.3. The van der Waals surface area contributed by atoms with E-state index >= 15 is 0 Å². The third kappa shape index (κ3) is 2.71. The molecule has 0 spiro atoms. The fourth-order valence-corrected chi connectivity index (χ4v) is 3.28. The number of methoxy groups -OCH3 is 1. The summed E-state index contributed by atoms with van der Waals surface area (Å²) in [7, 11) is 1.68. The number of nitrogens with zero attached hydrogens (tertiary/aromatic N) is 1. The molecule has 27 heavy (non-hydrogen) atoms. The summed E-state index contributed by atoms with van der Waals surface area (Å²) >= 11 is 0. The number of nitrogens with one attached hydrogen (secondary N) is 2. The molecule has 0 aliphatic carbocycles. The number of ether oxygens (including phenoxy) is 3. The predicted molar refractivity (Wildman–Crippen MR) is 104 cm³/mol. The van der Waals surface area contributed by atoms with Crippen LogP contribution in [-0.2, 0) is 0 Å². The molecule has 2 aromatic heterocycles. The molecule has 6 heteroatoms. The summed E-state index contributed by atoms with van der Waals surface area (Å²) in [5.41, 5.74) is 3.86. The van der Waals surface area contributed by atoms with Crippen molar-refractivity contribution in [1.82, 2.24) is 9.97 Å². The van der Waals surface area contributed by atoms with E-state index in [9.17, 15) is 0 Å². The second kappa shape index (κ2) is 6.25. The molecule has 0 saturated heterocycles. The van der Waals surface area contributed by atoms with Crippen molar-refractivity contribution < 1.29 is 14.2 Å². The van der Waals surface area contributed by atoms with Crippen LogP contribution in [0.25, 0.3) is 22.2 Å². The van der Waals surface area contributed by atoms with Gasteiger partial charge in [0.05, 0.1) is 18.3 Å². The van der Waals surface area contributed by atoms with Crippen molar-refractivity contribution in [3.8, 4) is 28.5 Å². The van der Waals surface area contributed by atoms with Crippen LogP contribution in [0, 0.1) is 0 Å². The first-order valence-electron chi connectivity index (χ1n) is 8.59. The highest BCUT2D eigenvalue weighted by Crippen LogP contribution is 2.37. The van der Waals surface area contributed by atoms with Gasteiger partial charge in [0, 0.05) is 28.9 Å². The first-order valence-corrected chi connectivity index (χ1v) is 8.59. The van der Waals surface area contributed by atoms with Crippen molar-refractivity contribution in [2.75, 3.05) is 19.2 Å². The Kier molecular flexibility index (Phi) is 3.60. The molecule has 0 saturated carbocycles. The zero-order valence-corrected chi connectivity index (χ0v) is 14.7. The molecule has 6 nitrogen and oxygen atoms in total. The zero-order chi connectivity index (χ0) is 18.2. The largest absolute Gasteiger partial charge is 0.496 e. The lowest BCUT2D eigenvalue weighted by atomic mass is 10.1. The number of anilines is 2. The molecule has 0 unspecified atom stereocenters. The Bertz CT molecular complexity index is 1140. The molecular formula is C21H17N3O3. The molecule has 1 aliphatic heterocycles. The number of benzene rings is 2. The van der Waals surface area contributed by atoms with Crippen molar-refractivity contribution in [3.63, 3.8) is 0 Å². The SMILES string of the molecule is COc1ccccc1-c1cc2c(Nc3ccc4c(c3)OCO4)nccc2[nH]1. The number of hydrogen-bond acceptors (Lipinski definition) is 5. The van der Waals surface area contributed by atoms with E-state index in [4.69, 9.17) is 14.2 Å². The number of pyridine rings is 1. The van der Waals surface area contributed by atoms with Gasteiger partial charge in [-0.3, -0.25) is 0 Å². The molecule has 4 aromatic rings. The van der Waals surface area contributed by atoms with E-state index in [1.54, 1.807) is 13.3 Å². The highest BCUT2D eigenvalue weighted by atomic mass is 16.7. The molecular weight excluding hydrogens is 342 g/mol. The molecule has 0 bridgehead atoms. The molecule has 0 radical (unpaired) electrons. The van der Waals surface area contributed by atoms with Crippen LogP contribution in [0.15, 0.2) is 60.8 Å². The van der Waals surface area contributed by atoms with Gasteiger partial charge in [-0.1, -0.05) is 12.1 Å². The summed E-state index contributed by atoms with van der Waals surface area (Å²) in [5.74, 6) is 3.08. The lowest BCUT2D eigenvalue weighted by Crippen LogP contribution is -1.94. The smallest absolute Gasteiger partial charge is 0.231 e. The molecule has 3 heterocycles. The fraction of sp³-hybridized carbons (Fsp3) is 0.0952. The maximum atomic E-state index is 5.49. The Hall–Kier alpha value is -3.67. The molecule has 0 atom stereocenters. The number of aromatic nitrogens is 2. The zero-order valence-electron chi connectivity index (χ0n) is 14.7. The van der Waals surface area contributed by atoms with E-state index < -0.39 is 0 Å². The first kappa shape index (κ1) is 15.6. The topological polar surface area (TPSA) is 68.4 Å². The summed E-state index contributed by atoms with van der Waals surface area (Å²) in [6.07, 6.45) is 1.78. The minimum atomic E-state index is 0.257. The van der Waals surface area contributed by atoms with Gasteiger partial charge in [-0.25, -0.2) is 4.98 Å². The lowest BCUT2D eigenvalue weighted by Gasteiger charge is -2.07. The van der Waals surface area contributed by atoms with Gasteiger partial charge in [-0.15, -0.1) is 0 Å². The molecule has 1 aliphatic rings. The van der Waals surface area contributed by atoms with Gasteiger partial charge >= 0.3 is 0 Å². The average Bonchev–Trinajstić information content (AvgIpc) is 3.35. The molecule has 2 aromatic carbocycles. The van der Waals surface area contributed by atoms with Crippen molar-refractivity contribution >= 4 is 22.4 Å². The lowest BCUT2D eigenvalue weighted by molar-refractivity contribution is 0.174. The summed E-state index contributed by atoms with van der Waals surface area (Å²) in [4.78, 5) is 7.96. The third-order valence-corrected chi connectivity index (χ3v) is 4.58. The van der Waals surface area contributed by atoms with Crippen molar-refractivity contribution in [2.45, 2.75) is 0 Å². The van der Waals surface area contributed by atoms with Crippen LogP contribution in [0.1, 0.15) is 0 Å². The van der Waals surface area contributed by atoms with Crippen LogP contribution in [0.4, 0.5) is 11.5 Å². The Labute approximate surface area is 155 Å². The summed E-state index contributed by atoms with van der Waals surface area (Å²) in [6.45, 7) is 0.257. The van der Waals surface area contributed by atoms with Crippen LogP contribution in [0.3, 0.4) is 0 Å². The van der Waals surface area contributed by atoms with Gasteiger partial charge in [0.15, 0.2) is 11.5 Å². The predicted octanol–water partition coefficient (Wildman–Crippen LogP) is 4.71. The monoisotopic (exact) mass is 359 g/mol. The maximum absolute atomic E-state index is 5.49. The van der Waals surface area contributed by atoms with E-state index in [2.05, 4.69) is 21.4 Å². The Balaban J connectivity index is 1.55. The van der Waals surface area contributed by atoms with E-state index in [-0.39, 0.29) is 6.79 Å². The normalized spacial score (nSPS) is 12.3. The molecule has 2 N–H and O–H groups in total. The number of para-hydroxylation sites is 1. The Morgan fingerprint density at radius 3 is 2.85 bits per heavy atom. The second-order valence-electron chi connectivity index (χ2n) is 6.20. The Morgan fingerprint density at radius 1 is 1.04 bits per heavy atom. The van der Waals surface area contributed by atoms with Crippen LogP contribution < -0.4 is 19.5 Å². The minimum Gasteiger partial charge on any atom is -0.496 e. The van der Waals surface area contributed by atoms with Gasteiger partial charge in [-0.2, -0.15) is 0 Å². The van der Waals surface area contributed by atoms with Crippen LogP contribution in [0.5, 0.6) is 17.2 Å². The van der Waals surface area contributed by atoms with Gasteiger partial charge in [0.2, 0.25) is 6.79 Å². The average molecular weight is 359 g/mol. The van der Waals surface area contributed by atoms with Gasteiger partial charge in [0.1, 0.15) is 11.6 Å². The quantitative estimate of drug-likeness (QED) is 0.552. The molecule has 134 valence electrons.